The lowest BCUT2D eigenvalue weighted by Gasteiger charge is -2.39. The van der Waals surface area contributed by atoms with E-state index in [1.165, 1.54) is 6.42 Å². The number of guanidine groups is 1. The number of carbonyl (C=O) groups excluding carboxylic acids is 1. The number of hydrogen-bond acceptors (Lipinski definition) is 6. The van der Waals surface area contributed by atoms with E-state index in [0.29, 0.717) is 37.2 Å². The second kappa shape index (κ2) is 10.9. The number of amides is 1. The summed E-state index contributed by atoms with van der Waals surface area (Å²) in [6.45, 7) is 15.1. The largest absolute Gasteiger partial charge is 0.356 e. The summed E-state index contributed by atoms with van der Waals surface area (Å²) in [5.41, 5.74) is 0. The van der Waals surface area contributed by atoms with E-state index in [4.69, 9.17) is 4.52 Å². The van der Waals surface area contributed by atoms with Crippen LogP contribution in [0.2, 0.25) is 0 Å². The summed E-state index contributed by atoms with van der Waals surface area (Å²) in [5.74, 6) is 4.02. The molecule has 0 saturated carbocycles. The van der Waals surface area contributed by atoms with Crippen LogP contribution in [0.25, 0.3) is 0 Å². The standard InChI is InChI=1S/C22H39N7O2/c1-16(2)21-25-19(31-26-21)6-7-24-22(23-5)28-10-8-27(9-11-28)15-20(30)29-13-17(3)12-18(4)14-29/h16-18H,6-15H2,1-5H3,(H,23,24). The minimum atomic E-state index is 0.267. The Morgan fingerprint density at radius 2 is 1.84 bits per heavy atom. The van der Waals surface area contributed by atoms with Gasteiger partial charge in [0.05, 0.1) is 6.54 Å². The molecule has 1 N–H and O–H groups in total. The van der Waals surface area contributed by atoms with Crippen molar-refractivity contribution in [3.63, 3.8) is 0 Å². The van der Waals surface area contributed by atoms with Crippen molar-refractivity contribution < 1.29 is 9.32 Å². The molecule has 9 nitrogen and oxygen atoms in total. The summed E-state index contributed by atoms with van der Waals surface area (Å²) < 4.78 is 5.30. The zero-order valence-corrected chi connectivity index (χ0v) is 19.8. The van der Waals surface area contributed by atoms with Crippen molar-refractivity contribution in [2.75, 3.05) is 59.4 Å². The van der Waals surface area contributed by atoms with Crippen molar-refractivity contribution in [3.05, 3.63) is 11.7 Å². The van der Waals surface area contributed by atoms with E-state index in [1.54, 1.807) is 7.05 Å². The summed E-state index contributed by atoms with van der Waals surface area (Å²) in [5, 5.41) is 7.40. The minimum Gasteiger partial charge on any atom is -0.356 e. The molecule has 2 saturated heterocycles. The number of hydrogen-bond donors (Lipinski definition) is 1. The highest BCUT2D eigenvalue weighted by Crippen LogP contribution is 2.21. The molecular weight excluding hydrogens is 394 g/mol. The first-order chi connectivity index (χ1) is 14.9. The summed E-state index contributed by atoms with van der Waals surface area (Å²) in [6.07, 6.45) is 1.89. The Bertz CT molecular complexity index is 730. The van der Waals surface area contributed by atoms with E-state index < -0.39 is 0 Å². The fourth-order valence-corrected chi connectivity index (χ4v) is 4.49. The lowest BCUT2D eigenvalue weighted by atomic mass is 9.92. The SMILES string of the molecule is CN=C(NCCc1nc(C(C)C)no1)N1CCN(CC(=O)N2CC(C)CC(C)C2)CC1. The molecule has 0 aliphatic carbocycles. The zero-order valence-electron chi connectivity index (χ0n) is 19.8. The number of piperidine rings is 1. The van der Waals surface area contributed by atoms with Crippen molar-refractivity contribution in [3.8, 4) is 0 Å². The van der Waals surface area contributed by atoms with Crippen molar-refractivity contribution >= 4 is 11.9 Å². The second-order valence-corrected chi connectivity index (χ2v) is 9.43. The van der Waals surface area contributed by atoms with E-state index in [0.717, 1.165) is 51.1 Å². The zero-order chi connectivity index (χ0) is 22.4. The molecule has 3 rings (SSSR count). The van der Waals surface area contributed by atoms with Gasteiger partial charge in [0.1, 0.15) is 0 Å². The van der Waals surface area contributed by atoms with Gasteiger partial charge in [-0.25, -0.2) is 0 Å². The molecule has 1 aromatic rings. The molecule has 0 aromatic carbocycles. The average molecular weight is 434 g/mol. The fraction of sp³-hybridized carbons (Fsp3) is 0.818. The van der Waals surface area contributed by atoms with Gasteiger partial charge in [-0.3, -0.25) is 14.7 Å². The summed E-state index contributed by atoms with van der Waals surface area (Å²) >= 11 is 0. The number of nitrogens with zero attached hydrogens (tertiary/aromatic N) is 6. The predicted octanol–water partition coefficient (Wildman–Crippen LogP) is 1.43. The van der Waals surface area contributed by atoms with Crippen LogP contribution in [0.5, 0.6) is 0 Å². The third-order valence-corrected chi connectivity index (χ3v) is 6.09. The van der Waals surface area contributed by atoms with Gasteiger partial charge >= 0.3 is 0 Å². The van der Waals surface area contributed by atoms with Crippen LogP contribution in [0.4, 0.5) is 0 Å². The van der Waals surface area contributed by atoms with Crippen molar-refractivity contribution in [2.24, 2.45) is 16.8 Å². The predicted molar refractivity (Wildman–Crippen MR) is 121 cm³/mol. The molecule has 0 spiro atoms. The highest BCUT2D eigenvalue weighted by molar-refractivity contribution is 5.80. The highest BCUT2D eigenvalue weighted by atomic mass is 16.5. The number of aromatic nitrogens is 2. The van der Waals surface area contributed by atoms with Gasteiger partial charge in [-0.05, 0) is 18.3 Å². The quantitative estimate of drug-likeness (QED) is 0.536. The first-order valence-corrected chi connectivity index (χ1v) is 11.6. The van der Waals surface area contributed by atoms with Crippen LogP contribution in [0, 0.1) is 11.8 Å². The van der Waals surface area contributed by atoms with Gasteiger partial charge in [-0.15, -0.1) is 0 Å². The van der Waals surface area contributed by atoms with Gasteiger partial charge in [-0.2, -0.15) is 4.98 Å². The Morgan fingerprint density at radius 3 is 2.42 bits per heavy atom. The maximum Gasteiger partial charge on any atom is 0.236 e. The topological polar surface area (TPSA) is 90.1 Å². The van der Waals surface area contributed by atoms with E-state index >= 15 is 0 Å². The summed E-state index contributed by atoms with van der Waals surface area (Å²) in [6, 6.07) is 0. The molecule has 174 valence electrons. The molecule has 0 bridgehead atoms. The van der Waals surface area contributed by atoms with Gasteiger partial charge in [0.15, 0.2) is 11.8 Å². The van der Waals surface area contributed by atoms with E-state index in [1.807, 2.05) is 0 Å². The highest BCUT2D eigenvalue weighted by Gasteiger charge is 2.28. The number of nitrogens with one attached hydrogen (secondary N) is 1. The molecule has 0 radical (unpaired) electrons. The number of rotatable bonds is 6. The fourth-order valence-electron chi connectivity index (χ4n) is 4.49. The molecule has 1 aromatic heterocycles. The normalized spacial score (nSPS) is 23.5. The maximum atomic E-state index is 12.8. The van der Waals surface area contributed by atoms with Crippen LogP contribution in [0.3, 0.4) is 0 Å². The Balaban J connectivity index is 1.39. The van der Waals surface area contributed by atoms with Crippen molar-refractivity contribution in [1.82, 2.24) is 30.2 Å². The molecule has 2 aliphatic rings. The van der Waals surface area contributed by atoms with Crippen LogP contribution in [0.15, 0.2) is 9.52 Å². The lowest BCUT2D eigenvalue weighted by Crippen LogP contribution is -2.55. The first-order valence-electron chi connectivity index (χ1n) is 11.6. The lowest BCUT2D eigenvalue weighted by molar-refractivity contribution is -0.135. The molecule has 2 unspecified atom stereocenters. The third-order valence-electron chi connectivity index (χ3n) is 6.09. The van der Waals surface area contributed by atoms with Crippen LogP contribution >= 0.6 is 0 Å². The molecule has 2 aliphatic heterocycles. The van der Waals surface area contributed by atoms with Crippen LogP contribution in [0.1, 0.15) is 51.7 Å². The maximum absolute atomic E-state index is 12.8. The van der Waals surface area contributed by atoms with Crippen molar-refractivity contribution in [2.45, 2.75) is 46.5 Å². The number of aliphatic imine (C=N–C) groups is 1. The summed E-state index contributed by atoms with van der Waals surface area (Å²) in [4.78, 5) is 28.2. The Kier molecular flexibility index (Phi) is 8.28. The molecule has 31 heavy (non-hydrogen) atoms. The average Bonchev–Trinajstić information content (AvgIpc) is 3.21. The Labute approximate surface area is 186 Å². The van der Waals surface area contributed by atoms with E-state index in [9.17, 15) is 4.79 Å². The van der Waals surface area contributed by atoms with Crippen LogP contribution < -0.4 is 5.32 Å². The van der Waals surface area contributed by atoms with Crippen LogP contribution in [-0.2, 0) is 11.2 Å². The van der Waals surface area contributed by atoms with E-state index in [2.05, 4.69) is 62.8 Å². The molecule has 2 fully saturated rings. The van der Waals surface area contributed by atoms with Gasteiger partial charge in [-0.1, -0.05) is 32.9 Å². The van der Waals surface area contributed by atoms with Gasteiger partial charge in [0, 0.05) is 65.2 Å². The van der Waals surface area contributed by atoms with E-state index in [-0.39, 0.29) is 11.8 Å². The molecular formula is C22H39N7O2. The molecule has 3 heterocycles. The van der Waals surface area contributed by atoms with Gasteiger partial charge in [0.25, 0.3) is 0 Å². The number of piperazine rings is 1. The first kappa shape index (κ1) is 23.5. The van der Waals surface area contributed by atoms with Crippen LogP contribution in [-0.4, -0.2) is 96.1 Å². The number of likely N-dealkylation sites (tertiary alicyclic amines) is 1. The Hall–Kier alpha value is -2.16. The van der Waals surface area contributed by atoms with Gasteiger partial charge < -0.3 is 19.6 Å². The third kappa shape index (κ3) is 6.66. The molecule has 9 heteroatoms. The molecule has 1 amide bonds. The Morgan fingerprint density at radius 1 is 1.16 bits per heavy atom. The summed E-state index contributed by atoms with van der Waals surface area (Å²) in [7, 11) is 1.81. The van der Waals surface area contributed by atoms with Crippen molar-refractivity contribution in [1.29, 1.82) is 0 Å². The smallest absolute Gasteiger partial charge is 0.236 e. The van der Waals surface area contributed by atoms with Gasteiger partial charge in [0.2, 0.25) is 11.8 Å². The number of carbonyl (C=O) groups is 1. The molecule has 2 atom stereocenters. The minimum absolute atomic E-state index is 0.267. The monoisotopic (exact) mass is 433 g/mol. The second-order valence-electron chi connectivity index (χ2n) is 9.43.